The maximum atomic E-state index is 4.91. The fourth-order valence-electron chi connectivity index (χ4n) is 3.83. The Morgan fingerprint density at radius 3 is 1.47 bits per heavy atom. The van der Waals surface area contributed by atoms with Gasteiger partial charge in [-0.15, -0.1) is 0 Å². The predicted molar refractivity (Wildman–Crippen MR) is 121 cm³/mol. The number of benzene rings is 2. The van der Waals surface area contributed by atoms with Crippen molar-refractivity contribution in [2.24, 2.45) is 0 Å². The Balaban J connectivity index is 1.18. The molecule has 3 heterocycles. The zero-order chi connectivity index (χ0) is 20.2. The van der Waals surface area contributed by atoms with Crippen LogP contribution in [0, 0.1) is 0 Å². The van der Waals surface area contributed by atoms with E-state index in [9.17, 15) is 0 Å². The van der Waals surface area contributed by atoms with Crippen molar-refractivity contribution in [2.45, 2.75) is 13.1 Å². The number of aromatic nitrogens is 1. The van der Waals surface area contributed by atoms with Crippen LogP contribution in [0.1, 0.15) is 11.4 Å². The highest BCUT2D eigenvalue weighted by Gasteiger charge is 2.16. The van der Waals surface area contributed by atoms with Gasteiger partial charge in [-0.25, -0.2) is 0 Å². The minimum absolute atomic E-state index is 0.805. The SMILES string of the molecule is C1=CN(c2ccccc2)CN1Cc1cccc(CN2C=CN(c3ccccc3)C2)n1. The number of hydrogen-bond acceptors (Lipinski definition) is 5. The molecular formula is C25H25N5. The van der Waals surface area contributed by atoms with E-state index in [2.05, 4.69) is 111 Å². The third kappa shape index (κ3) is 4.15. The normalized spacial score (nSPS) is 15.5. The van der Waals surface area contributed by atoms with Gasteiger partial charge in [0.1, 0.15) is 0 Å². The van der Waals surface area contributed by atoms with Gasteiger partial charge in [-0.2, -0.15) is 0 Å². The Hall–Kier alpha value is -3.73. The zero-order valence-corrected chi connectivity index (χ0v) is 16.9. The third-order valence-electron chi connectivity index (χ3n) is 5.35. The number of para-hydroxylation sites is 2. The molecule has 30 heavy (non-hydrogen) atoms. The molecular weight excluding hydrogens is 370 g/mol. The van der Waals surface area contributed by atoms with Gasteiger partial charge in [0.05, 0.1) is 37.8 Å². The second-order valence-corrected chi connectivity index (χ2v) is 7.60. The van der Waals surface area contributed by atoms with E-state index in [0.717, 1.165) is 37.8 Å². The topological polar surface area (TPSA) is 25.9 Å². The summed E-state index contributed by atoms with van der Waals surface area (Å²) in [6.45, 7) is 3.30. The molecule has 5 rings (SSSR count). The maximum absolute atomic E-state index is 4.91. The van der Waals surface area contributed by atoms with Crippen molar-refractivity contribution in [3.05, 3.63) is 115 Å². The number of pyridine rings is 1. The number of hydrogen-bond donors (Lipinski definition) is 0. The van der Waals surface area contributed by atoms with Crippen LogP contribution in [-0.2, 0) is 13.1 Å². The van der Waals surface area contributed by atoms with Crippen LogP contribution in [0.3, 0.4) is 0 Å². The average Bonchev–Trinajstić information content (AvgIpc) is 3.45. The Kier molecular flexibility index (Phi) is 5.08. The minimum atomic E-state index is 0.805. The molecule has 0 unspecified atom stereocenters. The van der Waals surface area contributed by atoms with Gasteiger partial charge < -0.3 is 19.6 Å². The standard InChI is InChI=1S/C25H25N5/c1-3-10-24(11-4-1)29-16-14-27(20-29)18-22-8-7-9-23(26-22)19-28-15-17-30(21-28)25-12-5-2-6-13-25/h1-17H,18-21H2. The Bertz CT molecular complexity index is 951. The summed E-state index contributed by atoms with van der Waals surface area (Å²) >= 11 is 0. The third-order valence-corrected chi connectivity index (χ3v) is 5.35. The smallest absolute Gasteiger partial charge is 0.0946 e. The molecule has 0 aliphatic carbocycles. The molecule has 2 aromatic carbocycles. The van der Waals surface area contributed by atoms with E-state index in [4.69, 9.17) is 4.98 Å². The summed E-state index contributed by atoms with van der Waals surface area (Å²) in [5.41, 5.74) is 4.61. The molecule has 0 bridgehead atoms. The molecule has 2 aliphatic rings. The van der Waals surface area contributed by atoms with Crippen LogP contribution < -0.4 is 9.80 Å². The van der Waals surface area contributed by atoms with Crippen LogP contribution in [-0.4, -0.2) is 28.1 Å². The van der Waals surface area contributed by atoms with Crippen LogP contribution in [0.5, 0.6) is 0 Å². The summed E-state index contributed by atoms with van der Waals surface area (Å²) in [4.78, 5) is 14.0. The summed E-state index contributed by atoms with van der Waals surface area (Å²) < 4.78 is 0. The van der Waals surface area contributed by atoms with Crippen molar-refractivity contribution in [3.63, 3.8) is 0 Å². The monoisotopic (exact) mass is 395 g/mol. The van der Waals surface area contributed by atoms with Crippen LogP contribution in [0.2, 0.25) is 0 Å². The van der Waals surface area contributed by atoms with Gasteiger partial charge in [-0.1, -0.05) is 42.5 Å². The molecule has 3 aromatic rings. The van der Waals surface area contributed by atoms with Crippen molar-refractivity contribution >= 4 is 11.4 Å². The van der Waals surface area contributed by atoms with Crippen molar-refractivity contribution in [1.82, 2.24) is 14.8 Å². The highest BCUT2D eigenvalue weighted by molar-refractivity contribution is 5.50. The molecule has 0 radical (unpaired) electrons. The van der Waals surface area contributed by atoms with Crippen LogP contribution in [0.4, 0.5) is 11.4 Å². The van der Waals surface area contributed by atoms with E-state index in [1.807, 2.05) is 12.1 Å². The number of anilines is 2. The minimum Gasteiger partial charge on any atom is -0.352 e. The Morgan fingerprint density at radius 1 is 0.533 bits per heavy atom. The lowest BCUT2D eigenvalue weighted by molar-refractivity contribution is 0.383. The van der Waals surface area contributed by atoms with Gasteiger partial charge in [0.15, 0.2) is 0 Å². The quantitative estimate of drug-likeness (QED) is 0.608. The number of rotatable bonds is 6. The summed E-state index contributed by atoms with van der Waals surface area (Å²) in [6, 6.07) is 27.2. The van der Waals surface area contributed by atoms with Crippen molar-refractivity contribution in [3.8, 4) is 0 Å². The fraction of sp³-hybridized carbons (Fsp3) is 0.160. The molecule has 0 spiro atoms. The second kappa shape index (κ2) is 8.33. The lowest BCUT2D eigenvalue weighted by Gasteiger charge is -2.22. The lowest BCUT2D eigenvalue weighted by atomic mass is 10.3. The van der Waals surface area contributed by atoms with E-state index < -0.39 is 0 Å². The van der Waals surface area contributed by atoms with Crippen LogP contribution in [0.25, 0.3) is 0 Å². The Labute approximate surface area is 177 Å². The zero-order valence-electron chi connectivity index (χ0n) is 16.9. The van der Waals surface area contributed by atoms with E-state index in [1.54, 1.807) is 0 Å². The molecule has 5 heteroatoms. The highest BCUT2D eigenvalue weighted by atomic mass is 15.3. The summed E-state index contributed by atoms with van der Waals surface area (Å²) in [7, 11) is 0. The van der Waals surface area contributed by atoms with Gasteiger partial charge >= 0.3 is 0 Å². The van der Waals surface area contributed by atoms with Gasteiger partial charge in [-0.3, -0.25) is 4.98 Å². The predicted octanol–water partition coefficient (Wildman–Crippen LogP) is 4.58. The van der Waals surface area contributed by atoms with Gasteiger partial charge in [-0.05, 0) is 36.4 Å². The van der Waals surface area contributed by atoms with E-state index >= 15 is 0 Å². The molecule has 5 nitrogen and oxygen atoms in total. The van der Waals surface area contributed by atoms with Crippen molar-refractivity contribution in [2.75, 3.05) is 23.1 Å². The highest BCUT2D eigenvalue weighted by Crippen LogP contribution is 2.21. The summed E-state index contributed by atoms with van der Waals surface area (Å²) in [5, 5.41) is 0. The molecule has 1 aromatic heterocycles. The first kappa shape index (κ1) is 18.3. The van der Waals surface area contributed by atoms with Gasteiger partial charge in [0.25, 0.3) is 0 Å². The fourth-order valence-corrected chi connectivity index (χ4v) is 3.83. The molecule has 0 N–H and O–H groups in total. The number of nitrogens with zero attached hydrogens (tertiary/aromatic N) is 5. The Morgan fingerprint density at radius 2 is 1.00 bits per heavy atom. The summed E-state index contributed by atoms with van der Waals surface area (Å²) in [6.07, 6.45) is 8.54. The van der Waals surface area contributed by atoms with Gasteiger partial charge in [0.2, 0.25) is 0 Å². The molecule has 150 valence electrons. The van der Waals surface area contributed by atoms with E-state index in [0.29, 0.717) is 0 Å². The molecule has 0 atom stereocenters. The average molecular weight is 396 g/mol. The maximum Gasteiger partial charge on any atom is 0.0946 e. The second-order valence-electron chi connectivity index (χ2n) is 7.60. The molecule has 0 fully saturated rings. The molecule has 0 saturated heterocycles. The van der Waals surface area contributed by atoms with Crippen LogP contribution >= 0.6 is 0 Å². The molecule has 2 aliphatic heterocycles. The first-order chi connectivity index (χ1) is 14.8. The molecule has 0 saturated carbocycles. The first-order valence-corrected chi connectivity index (χ1v) is 10.3. The van der Waals surface area contributed by atoms with E-state index in [-0.39, 0.29) is 0 Å². The first-order valence-electron chi connectivity index (χ1n) is 10.3. The van der Waals surface area contributed by atoms with Crippen LogP contribution in [0.15, 0.2) is 104 Å². The van der Waals surface area contributed by atoms with Crippen molar-refractivity contribution < 1.29 is 0 Å². The lowest BCUT2D eigenvalue weighted by Crippen LogP contribution is -2.26. The largest absolute Gasteiger partial charge is 0.352 e. The molecule has 0 amide bonds. The van der Waals surface area contributed by atoms with E-state index in [1.165, 1.54) is 11.4 Å². The van der Waals surface area contributed by atoms with Gasteiger partial charge in [0, 0.05) is 36.2 Å². The van der Waals surface area contributed by atoms with Crippen molar-refractivity contribution in [1.29, 1.82) is 0 Å². The summed E-state index contributed by atoms with van der Waals surface area (Å²) in [5.74, 6) is 0.